The number of amides is 2. The van der Waals surface area contributed by atoms with E-state index >= 15 is 0 Å². The van der Waals surface area contributed by atoms with E-state index in [2.05, 4.69) is 20.8 Å². The number of aliphatic hydroxyl groups excluding tert-OH is 1. The number of aryl methyl sites for hydroxylation is 1. The van der Waals surface area contributed by atoms with Crippen LogP contribution in [-0.4, -0.2) is 24.4 Å². The van der Waals surface area contributed by atoms with Crippen LogP contribution in [0, 0.1) is 6.92 Å². The van der Waals surface area contributed by atoms with Crippen molar-refractivity contribution in [2.24, 2.45) is 5.73 Å². The van der Waals surface area contributed by atoms with Crippen molar-refractivity contribution in [2.75, 3.05) is 18.1 Å². The van der Waals surface area contributed by atoms with Crippen LogP contribution < -0.4 is 15.4 Å². The summed E-state index contributed by atoms with van der Waals surface area (Å²) in [6, 6.07) is 12.6. The van der Waals surface area contributed by atoms with Gasteiger partial charge in [0.1, 0.15) is 12.4 Å². The summed E-state index contributed by atoms with van der Waals surface area (Å²) in [5.41, 5.74) is 8.96. The van der Waals surface area contributed by atoms with Crippen LogP contribution in [0.5, 0.6) is 5.75 Å². The summed E-state index contributed by atoms with van der Waals surface area (Å²) >= 11 is 0. The molecule has 25 heavy (non-hydrogen) atoms. The quantitative estimate of drug-likeness (QED) is 0.866. The van der Waals surface area contributed by atoms with Gasteiger partial charge in [0.15, 0.2) is 0 Å². The Balaban J connectivity index is 2.60. The molecular formula is C20H26N2O3. The standard InChI is InChI=1S/C20H26N2O3/c1-14-5-8-16(9-6-14)22(19(21)24)17-13-15(20(2,3)4)7-10-18(17)25-12-11-23/h5-10,13,23H,11-12H2,1-4H3,(H2,21,24). The zero-order chi connectivity index (χ0) is 18.6. The van der Waals surface area contributed by atoms with Crippen molar-refractivity contribution in [3.05, 3.63) is 53.6 Å². The van der Waals surface area contributed by atoms with Crippen LogP contribution in [0.1, 0.15) is 31.9 Å². The molecule has 0 fully saturated rings. The first-order chi connectivity index (χ1) is 11.7. The number of hydrogen-bond donors (Lipinski definition) is 2. The van der Waals surface area contributed by atoms with Gasteiger partial charge in [0.05, 0.1) is 18.0 Å². The number of nitrogens with two attached hydrogens (primary N) is 1. The Hall–Kier alpha value is -2.53. The van der Waals surface area contributed by atoms with Crippen molar-refractivity contribution in [3.63, 3.8) is 0 Å². The van der Waals surface area contributed by atoms with Crippen molar-refractivity contribution >= 4 is 17.4 Å². The molecular weight excluding hydrogens is 316 g/mol. The number of anilines is 2. The SMILES string of the molecule is Cc1ccc(N(C(N)=O)c2cc(C(C)(C)C)ccc2OCCO)cc1. The topological polar surface area (TPSA) is 75.8 Å². The van der Waals surface area contributed by atoms with Gasteiger partial charge in [-0.2, -0.15) is 0 Å². The Morgan fingerprint density at radius 2 is 1.80 bits per heavy atom. The van der Waals surface area contributed by atoms with Crippen LogP contribution in [0.3, 0.4) is 0 Å². The van der Waals surface area contributed by atoms with Crippen molar-refractivity contribution in [3.8, 4) is 5.75 Å². The highest BCUT2D eigenvalue weighted by Gasteiger charge is 2.23. The number of aliphatic hydroxyl groups is 1. The van der Waals surface area contributed by atoms with Crippen LogP contribution in [0.15, 0.2) is 42.5 Å². The first-order valence-electron chi connectivity index (χ1n) is 8.28. The minimum atomic E-state index is -0.594. The minimum Gasteiger partial charge on any atom is -0.489 e. The molecule has 0 heterocycles. The normalized spacial score (nSPS) is 11.2. The molecule has 2 rings (SSSR count). The summed E-state index contributed by atoms with van der Waals surface area (Å²) in [6.07, 6.45) is 0. The van der Waals surface area contributed by atoms with E-state index in [1.54, 1.807) is 0 Å². The van der Waals surface area contributed by atoms with Gasteiger partial charge >= 0.3 is 6.03 Å². The van der Waals surface area contributed by atoms with Crippen LogP contribution in [0.2, 0.25) is 0 Å². The molecule has 0 aromatic heterocycles. The third kappa shape index (κ3) is 4.51. The number of nitrogens with zero attached hydrogens (tertiary/aromatic N) is 1. The number of urea groups is 1. The molecule has 0 bridgehead atoms. The molecule has 0 radical (unpaired) electrons. The molecule has 0 aliphatic heterocycles. The Morgan fingerprint density at radius 1 is 1.16 bits per heavy atom. The van der Waals surface area contributed by atoms with Gasteiger partial charge in [0.25, 0.3) is 0 Å². The molecule has 0 aliphatic rings. The van der Waals surface area contributed by atoms with Crippen molar-refractivity contribution in [1.29, 1.82) is 0 Å². The molecule has 2 aromatic rings. The molecule has 2 amide bonds. The van der Waals surface area contributed by atoms with Gasteiger partial charge in [-0.3, -0.25) is 4.90 Å². The second kappa shape index (κ2) is 7.57. The van der Waals surface area contributed by atoms with E-state index in [9.17, 15) is 4.79 Å². The van der Waals surface area contributed by atoms with E-state index in [0.717, 1.165) is 11.1 Å². The lowest BCUT2D eigenvalue weighted by molar-refractivity contribution is 0.201. The molecule has 134 valence electrons. The lowest BCUT2D eigenvalue weighted by Gasteiger charge is -2.27. The molecule has 0 aliphatic carbocycles. The van der Waals surface area contributed by atoms with Gasteiger partial charge in [-0.1, -0.05) is 44.5 Å². The number of rotatable bonds is 5. The Kier molecular flexibility index (Phi) is 5.69. The maximum atomic E-state index is 12.2. The van der Waals surface area contributed by atoms with Crippen LogP contribution in [0.4, 0.5) is 16.2 Å². The summed E-state index contributed by atoms with van der Waals surface area (Å²) in [7, 11) is 0. The molecule has 5 heteroatoms. The molecule has 0 saturated heterocycles. The van der Waals surface area contributed by atoms with Gasteiger partial charge in [0.2, 0.25) is 0 Å². The van der Waals surface area contributed by atoms with E-state index < -0.39 is 6.03 Å². The fraction of sp³-hybridized carbons (Fsp3) is 0.350. The second-order valence-corrected chi connectivity index (χ2v) is 7.01. The van der Waals surface area contributed by atoms with Crippen LogP contribution >= 0.6 is 0 Å². The van der Waals surface area contributed by atoms with Gasteiger partial charge in [-0.05, 0) is 42.2 Å². The lowest BCUT2D eigenvalue weighted by atomic mass is 9.86. The Bertz CT molecular complexity index is 734. The lowest BCUT2D eigenvalue weighted by Crippen LogP contribution is -2.32. The van der Waals surface area contributed by atoms with E-state index in [1.165, 1.54) is 4.90 Å². The summed E-state index contributed by atoms with van der Waals surface area (Å²) in [5, 5.41) is 9.07. The van der Waals surface area contributed by atoms with Crippen molar-refractivity contribution in [1.82, 2.24) is 0 Å². The first kappa shape index (κ1) is 18.8. The summed E-state index contributed by atoms with van der Waals surface area (Å²) in [4.78, 5) is 13.6. The molecule has 5 nitrogen and oxygen atoms in total. The molecule has 0 unspecified atom stereocenters. The predicted octanol–water partition coefficient (Wildman–Crippen LogP) is 3.88. The van der Waals surface area contributed by atoms with Gasteiger partial charge < -0.3 is 15.6 Å². The van der Waals surface area contributed by atoms with Gasteiger partial charge in [-0.15, -0.1) is 0 Å². The highest BCUT2D eigenvalue weighted by atomic mass is 16.5. The molecule has 0 atom stereocenters. The van der Waals surface area contributed by atoms with Crippen molar-refractivity contribution in [2.45, 2.75) is 33.1 Å². The predicted molar refractivity (Wildman–Crippen MR) is 101 cm³/mol. The monoisotopic (exact) mass is 342 g/mol. The maximum absolute atomic E-state index is 12.2. The fourth-order valence-corrected chi connectivity index (χ4v) is 2.52. The minimum absolute atomic E-state index is 0.0964. The van der Waals surface area contributed by atoms with Crippen LogP contribution in [0.25, 0.3) is 0 Å². The maximum Gasteiger partial charge on any atom is 0.324 e. The van der Waals surface area contributed by atoms with Crippen molar-refractivity contribution < 1.29 is 14.6 Å². The third-order valence-corrected chi connectivity index (χ3v) is 3.93. The van der Waals surface area contributed by atoms with E-state index in [1.807, 2.05) is 49.4 Å². The number of primary amides is 1. The van der Waals surface area contributed by atoms with E-state index in [-0.39, 0.29) is 18.6 Å². The third-order valence-electron chi connectivity index (χ3n) is 3.93. The molecule has 2 aromatic carbocycles. The summed E-state index contributed by atoms with van der Waals surface area (Å²) in [5.74, 6) is 0.501. The summed E-state index contributed by atoms with van der Waals surface area (Å²) < 4.78 is 5.63. The Labute approximate surface area is 149 Å². The Morgan fingerprint density at radius 3 is 2.32 bits per heavy atom. The number of ether oxygens (including phenoxy) is 1. The van der Waals surface area contributed by atoms with E-state index in [0.29, 0.717) is 17.1 Å². The zero-order valence-corrected chi connectivity index (χ0v) is 15.2. The number of hydrogen-bond acceptors (Lipinski definition) is 3. The largest absolute Gasteiger partial charge is 0.489 e. The van der Waals surface area contributed by atoms with Gasteiger partial charge in [-0.25, -0.2) is 4.79 Å². The molecule has 0 spiro atoms. The zero-order valence-electron chi connectivity index (χ0n) is 15.2. The van der Waals surface area contributed by atoms with Crippen LogP contribution in [-0.2, 0) is 5.41 Å². The van der Waals surface area contributed by atoms with E-state index in [4.69, 9.17) is 15.6 Å². The number of carbonyl (C=O) groups is 1. The smallest absolute Gasteiger partial charge is 0.324 e. The fourth-order valence-electron chi connectivity index (χ4n) is 2.52. The second-order valence-electron chi connectivity index (χ2n) is 7.01. The number of carbonyl (C=O) groups excluding carboxylic acids is 1. The number of benzene rings is 2. The highest BCUT2D eigenvalue weighted by Crippen LogP contribution is 2.37. The average molecular weight is 342 g/mol. The first-order valence-corrected chi connectivity index (χ1v) is 8.28. The average Bonchev–Trinajstić information content (AvgIpc) is 2.54. The van der Waals surface area contributed by atoms with Gasteiger partial charge in [0, 0.05) is 0 Å². The summed E-state index contributed by atoms with van der Waals surface area (Å²) in [6.45, 7) is 8.31. The molecule has 3 N–H and O–H groups in total. The highest BCUT2D eigenvalue weighted by molar-refractivity contribution is 6.00. The molecule has 0 saturated carbocycles.